The molecule has 364 valence electrons. The smallest absolute Gasteiger partial charge is 0.362 e. The number of unbranched alkanes of at least 4 members (excludes halogenated alkanes) is 30. The second kappa shape index (κ2) is 45.4. The zero-order chi connectivity index (χ0) is 45.6. The molecule has 0 aliphatic rings. The number of allylic oxidation sites excluding steroid dienone is 4. The third kappa shape index (κ3) is 43.1. The van der Waals surface area contributed by atoms with Crippen LogP contribution in [0.4, 0.5) is 0 Å². The van der Waals surface area contributed by atoms with Crippen LogP contribution in [-0.2, 0) is 28.6 Å². The third-order valence-corrected chi connectivity index (χ3v) is 12.1. The van der Waals surface area contributed by atoms with Gasteiger partial charge in [-0.05, 0) is 38.5 Å². The van der Waals surface area contributed by atoms with Crippen molar-refractivity contribution >= 4 is 17.9 Å². The maximum Gasteiger partial charge on any atom is 0.362 e. The highest BCUT2D eigenvalue weighted by atomic mass is 16.6. The first-order valence-corrected chi connectivity index (χ1v) is 26.4. The van der Waals surface area contributed by atoms with Crippen molar-refractivity contribution in [2.24, 2.45) is 0 Å². The maximum atomic E-state index is 12.8. The second-order valence-corrected chi connectivity index (χ2v) is 19.1. The van der Waals surface area contributed by atoms with E-state index in [1.807, 2.05) is 21.1 Å². The van der Waals surface area contributed by atoms with Crippen molar-refractivity contribution in [3.05, 3.63) is 24.3 Å². The number of carbonyl (C=O) groups excluding carboxylic acids is 2. The molecule has 0 rings (SSSR count). The standard InChI is InChI=1S/C54H101NO7/c1-6-8-10-12-14-16-18-20-22-24-25-26-27-29-31-33-35-37-39-41-43-45-53(57)62-50(48-60-47-46-51(54(58)59)55(3,4)5)49-61-52(56)44-42-40-38-36-34-32-30-28-23-21-19-17-15-13-11-9-7-2/h8,10,14,16,50-51H,6-7,9,11-13,15,17-49H2,1-5H3/p+1/b10-8+,16-14+. The van der Waals surface area contributed by atoms with Crippen molar-refractivity contribution in [3.8, 4) is 0 Å². The van der Waals surface area contributed by atoms with Gasteiger partial charge in [-0.2, -0.15) is 0 Å². The van der Waals surface area contributed by atoms with Gasteiger partial charge in [-0.3, -0.25) is 9.59 Å². The average molecular weight is 877 g/mol. The van der Waals surface area contributed by atoms with Crippen LogP contribution in [0.1, 0.15) is 251 Å². The number of hydrogen-bond donors (Lipinski definition) is 1. The van der Waals surface area contributed by atoms with E-state index in [2.05, 4.69) is 38.2 Å². The van der Waals surface area contributed by atoms with Crippen LogP contribution in [0.5, 0.6) is 0 Å². The van der Waals surface area contributed by atoms with Gasteiger partial charge in [-0.1, -0.05) is 218 Å². The van der Waals surface area contributed by atoms with Crippen LogP contribution >= 0.6 is 0 Å². The molecule has 0 heterocycles. The van der Waals surface area contributed by atoms with Gasteiger partial charge in [0.1, 0.15) is 6.61 Å². The van der Waals surface area contributed by atoms with E-state index in [0.717, 1.165) is 51.4 Å². The zero-order valence-corrected chi connectivity index (χ0v) is 41.6. The Bertz CT molecular complexity index is 1070. The predicted octanol–water partition coefficient (Wildman–Crippen LogP) is 15.2. The quantitative estimate of drug-likeness (QED) is 0.0281. The molecule has 1 N–H and O–H groups in total. The van der Waals surface area contributed by atoms with Crippen molar-refractivity contribution in [3.63, 3.8) is 0 Å². The molecule has 8 heteroatoms. The number of nitrogens with zero attached hydrogens (tertiary/aromatic N) is 1. The molecule has 0 aromatic carbocycles. The summed E-state index contributed by atoms with van der Waals surface area (Å²) in [7, 11) is 5.55. The molecule has 62 heavy (non-hydrogen) atoms. The van der Waals surface area contributed by atoms with Gasteiger partial charge in [-0.25, -0.2) is 4.79 Å². The highest BCUT2D eigenvalue weighted by molar-refractivity contribution is 5.72. The Kier molecular flexibility index (Phi) is 43.8. The van der Waals surface area contributed by atoms with Crippen molar-refractivity contribution in [2.75, 3.05) is 41.0 Å². The lowest BCUT2D eigenvalue weighted by atomic mass is 10.0. The molecule has 8 nitrogen and oxygen atoms in total. The van der Waals surface area contributed by atoms with E-state index in [9.17, 15) is 19.5 Å². The van der Waals surface area contributed by atoms with E-state index in [1.54, 1.807) is 0 Å². The number of aliphatic carboxylic acids is 1. The molecular formula is C54H102NO7+. The first-order valence-electron chi connectivity index (χ1n) is 26.4. The minimum Gasteiger partial charge on any atom is -0.477 e. The predicted molar refractivity (Wildman–Crippen MR) is 262 cm³/mol. The minimum absolute atomic E-state index is 0.0450. The Balaban J connectivity index is 4.18. The number of carboxylic acids is 1. The lowest BCUT2D eigenvalue weighted by molar-refractivity contribution is -0.887. The summed E-state index contributed by atoms with van der Waals surface area (Å²) < 4.78 is 17.4. The van der Waals surface area contributed by atoms with Crippen LogP contribution in [0.2, 0.25) is 0 Å². The van der Waals surface area contributed by atoms with Crippen molar-refractivity contribution in [1.29, 1.82) is 0 Å². The van der Waals surface area contributed by atoms with Gasteiger partial charge in [0.25, 0.3) is 0 Å². The zero-order valence-electron chi connectivity index (χ0n) is 41.6. The van der Waals surface area contributed by atoms with E-state index >= 15 is 0 Å². The molecule has 0 aromatic rings. The normalized spacial score (nSPS) is 13.0. The molecule has 0 aliphatic carbocycles. The molecule has 0 spiro atoms. The van der Waals surface area contributed by atoms with Gasteiger partial charge in [0.2, 0.25) is 0 Å². The average Bonchev–Trinajstić information content (AvgIpc) is 3.23. The Morgan fingerprint density at radius 2 is 0.903 bits per heavy atom. The Labute approximate surface area is 383 Å². The molecule has 2 atom stereocenters. The van der Waals surface area contributed by atoms with E-state index in [4.69, 9.17) is 14.2 Å². The van der Waals surface area contributed by atoms with Crippen LogP contribution in [0.15, 0.2) is 24.3 Å². The number of ether oxygens (including phenoxy) is 3. The van der Waals surface area contributed by atoms with Gasteiger partial charge >= 0.3 is 17.9 Å². The summed E-state index contributed by atoms with van der Waals surface area (Å²) in [6.45, 7) is 4.68. The van der Waals surface area contributed by atoms with Gasteiger partial charge in [0.05, 0.1) is 34.4 Å². The first kappa shape index (κ1) is 59.8. The molecule has 0 radical (unpaired) electrons. The number of rotatable bonds is 48. The largest absolute Gasteiger partial charge is 0.477 e. The Hall–Kier alpha value is -2.19. The number of carboxylic acid groups (broad SMARTS) is 1. The molecule has 0 bridgehead atoms. The summed E-state index contributed by atoms with van der Waals surface area (Å²) in [5, 5.41) is 9.66. The third-order valence-electron chi connectivity index (χ3n) is 12.1. The summed E-state index contributed by atoms with van der Waals surface area (Å²) in [4.78, 5) is 37.2. The SMILES string of the molecule is CC/C=C/C/C=C/CCCCCCCCCCCCCCCCC(=O)OC(COCCC(C(=O)O)[N+](C)(C)C)COC(=O)CCCCCCCCCCCCCCCCCCC. The van der Waals surface area contributed by atoms with Gasteiger partial charge in [-0.15, -0.1) is 0 Å². The summed E-state index contributed by atoms with van der Waals surface area (Å²) >= 11 is 0. The van der Waals surface area contributed by atoms with Crippen LogP contribution < -0.4 is 0 Å². The number of likely N-dealkylation sites (N-methyl/N-ethyl adjacent to an activating group) is 1. The molecule has 0 saturated carbocycles. The number of carbonyl (C=O) groups is 3. The molecule has 0 fully saturated rings. The second-order valence-electron chi connectivity index (χ2n) is 19.1. The topological polar surface area (TPSA) is 99.1 Å². The fourth-order valence-corrected chi connectivity index (χ4v) is 8.07. The molecule has 2 unspecified atom stereocenters. The summed E-state index contributed by atoms with van der Waals surface area (Å²) in [6, 6.07) is -0.612. The van der Waals surface area contributed by atoms with E-state index < -0.39 is 18.1 Å². The van der Waals surface area contributed by atoms with Crippen LogP contribution in [0.3, 0.4) is 0 Å². The molecule has 0 aliphatic heterocycles. The lowest BCUT2D eigenvalue weighted by Crippen LogP contribution is -2.50. The molecule has 0 saturated heterocycles. The van der Waals surface area contributed by atoms with Crippen LogP contribution in [0.25, 0.3) is 0 Å². The molecule has 0 aromatic heterocycles. The highest BCUT2D eigenvalue weighted by Gasteiger charge is 2.31. The summed E-state index contributed by atoms with van der Waals surface area (Å²) in [5.41, 5.74) is 0. The maximum absolute atomic E-state index is 12.8. The number of quaternary nitrogens is 1. The Morgan fingerprint density at radius 1 is 0.500 bits per heavy atom. The van der Waals surface area contributed by atoms with Gasteiger partial charge < -0.3 is 23.8 Å². The van der Waals surface area contributed by atoms with E-state index in [0.29, 0.717) is 19.3 Å². The fraction of sp³-hybridized carbons (Fsp3) is 0.870. The van der Waals surface area contributed by atoms with Crippen LogP contribution in [0, 0.1) is 0 Å². The minimum atomic E-state index is -0.871. The fourth-order valence-electron chi connectivity index (χ4n) is 8.07. The van der Waals surface area contributed by atoms with Gasteiger partial charge in [0, 0.05) is 19.3 Å². The first-order chi connectivity index (χ1) is 30.1. The van der Waals surface area contributed by atoms with Crippen molar-refractivity contribution < 1.29 is 38.2 Å². The van der Waals surface area contributed by atoms with E-state index in [1.165, 1.54) is 167 Å². The van der Waals surface area contributed by atoms with Crippen LogP contribution in [-0.4, -0.2) is 80.6 Å². The summed E-state index contributed by atoms with van der Waals surface area (Å²) in [6.07, 6.45) is 52.3. The number of hydrogen-bond acceptors (Lipinski definition) is 6. The highest BCUT2D eigenvalue weighted by Crippen LogP contribution is 2.17. The van der Waals surface area contributed by atoms with Crippen molar-refractivity contribution in [2.45, 2.75) is 264 Å². The summed E-state index contributed by atoms with van der Waals surface area (Å²) in [5.74, 6) is -1.45. The van der Waals surface area contributed by atoms with E-state index in [-0.39, 0.29) is 36.2 Å². The Morgan fingerprint density at radius 3 is 1.32 bits per heavy atom. The lowest BCUT2D eigenvalue weighted by Gasteiger charge is -2.31. The molecule has 0 amide bonds. The monoisotopic (exact) mass is 877 g/mol. The molecular weight excluding hydrogens is 775 g/mol. The number of esters is 2. The van der Waals surface area contributed by atoms with Crippen molar-refractivity contribution in [1.82, 2.24) is 0 Å². The van der Waals surface area contributed by atoms with Gasteiger partial charge in [0.15, 0.2) is 12.1 Å².